The Morgan fingerprint density at radius 1 is 1.33 bits per heavy atom. The first-order chi connectivity index (χ1) is 7.06. The number of hydrogen-bond acceptors (Lipinski definition) is 3. The third kappa shape index (κ3) is 1.26. The smallest absolute Gasteiger partial charge is 0.343 e. The summed E-state index contributed by atoms with van der Waals surface area (Å²) in [6, 6.07) is 6.55. The van der Waals surface area contributed by atoms with E-state index >= 15 is 0 Å². The molecule has 1 aliphatic carbocycles. The van der Waals surface area contributed by atoms with Crippen molar-refractivity contribution in [1.82, 2.24) is 0 Å². The highest BCUT2D eigenvalue weighted by atomic mass is 16.4. The second kappa shape index (κ2) is 3.18. The number of benzene rings is 1. The number of hydrogen-bond donors (Lipinski definition) is 3. The van der Waals surface area contributed by atoms with Crippen LogP contribution in [-0.4, -0.2) is 27.4 Å². The molecular weight excluding hydrogens is 196 g/mol. The summed E-state index contributed by atoms with van der Waals surface area (Å²) in [4.78, 5) is 11.0. The molecule has 4 heteroatoms. The zero-order chi connectivity index (χ0) is 11.1. The van der Waals surface area contributed by atoms with Crippen LogP contribution >= 0.6 is 0 Å². The SMILES string of the molecule is O=C(O)C1(O)c2ccccc2C=CC1O. The van der Waals surface area contributed by atoms with Gasteiger partial charge in [0.1, 0.15) is 6.10 Å². The van der Waals surface area contributed by atoms with Crippen molar-refractivity contribution in [2.45, 2.75) is 11.7 Å². The summed E-state index contributed by atoms with van der Waals surface area (Å²) in [6.45, 7) is 0. The number of aliphatic hydroxyl groups is 2. The highest BCUT2D eigenvalue weighted by molar-refractivity contribution is 5.84. The predicted molar refractivity (Wildman–Crippen MR) is 53.0 cm³/mol. The summed E-state index contributed by atoms with van der Waals surface area (Å²) >= 11 is 0. The van der Waals surface area contributed by atoms with Gasteiger partial charge in [0.15, 0.2) is 0 Å². The average Bonchev–Trinajstić information content (AvgIpc) is 2.23. The summed E-state index contributed by atoms with van der Waals surface area (Å²) in [7, 11) is 0. The minimum absolute atomic E-state index is 0.215. The highest BCUT2D eigenvalue weighted by Crippen LogP contribution is 2.33. The topological polar surface area (TPSA) is 77.8 Å². The molecule has 0 radical (unpaired) electrons. The van der Waals surface area contributed by atoms with Crippen LogP contribution in [0.3, 0.4) is 0 Å². The Labute approximate surface area is 86.1 Å². The Morgan fingerprint density at radius 3 is 2.67 bits per heavy atom. The second-order valence-corrected chi connectivity index (χ2v) is 3.46. The first-order valence-corrected chi connectivity index (χ1v) is 4.48. The third-order valence-electron chi connectivity index (χ3n) is 2.58. The van der Waals surface area contributed by atoms with E-state index in [9.17, 15) is 15.0 Å². The van der Waals surface area contributed by atoms with Crippen molar-refractivity contribution in [2.75, 3.05) is 0 Å². The Kier molecular flexibility index (Phi) is 2.10. The van der Waals surface area contributed by atoms with Crippen LogP contribution in [-0.2, 0) is 10.4 Å². The van der Waals surface area contributed by atoms with Gasteiger partial charge in [0.05, 0.1) is 0 Å². The van der Waals surface area contributed by atoms with E-state index in [1.54, 1.807) is 24.3 Å². The Hall–Kier alpha value is -1.65. The Morgan fingerprint density at radius 2 is 2.00 bits per heavy atom. The van der Waals surface area contributed by atoms with Crippen LogP contribution in [0, 0.1) is 0 Å². The molecule has 0 saturated heterocycles. The van der Waals surface area contributed by atoms with Crippen molar-refractivity contribution >= 4 is 12.0 Å². The van der Waals surface area contributed by atoms with Crippen molar-refractivity contribution in [3.05, 3.63) is 41.5 Å². The molecule has 1 aromatic rings. The Balaban J connectivity index is 2.66. The van der Waals surface area contributed by atoms with Gasteiger partial charge in [-0.1, -0.05) is 36.4 Å². The molecule has 3 N–H and O–H groups in total. The zero-order valence-corrected chi connectivity index (χ0v) is 7.79. The first-order valence-electron chi connectivity index (χ1n) is 4.48. The van der Waals surface area contributed by atoms with Gasteiger partial charge in [-0.2, -0.15) is 0 Å². The number of carbonyl (C=O) groups is 1. The van der Waals surface area contributed by atoms with Gasteiger partial charge in [0.2, 0.25) is 5.60 Å². The first kappa shape index (κ1) is 9.89. The average molecular weight is 206 g/mol. The van der Waals surface area contributed by atoms with Gasteiger partial charge in [0, 0.05) is 5.56 Å². The van der Waals surface area contributed by atoms with Crippen molar-refractivity contribution in [3.8, 4) is 0 Å². The van der Waals surface area contributed by atoms with E-state index in [0.717, 1.165) is 0 Å². The number of aliphatic carboxylic acids is 1. The maximum Gasteiger partial charge on any atom is 0.343 e. The number of fused-ring (bicyclic) bond motifs is 1. The molecular formula is C11H10O4. The molecule has 78 valence electrons. The van der Waals surface area contributed by atoms with E-state index in [2.05, 4.69) is 0 Å². The minimum Gasteiger partial charge on any atom is -0.479 e. The van der Waals surface area contributed by atoms with Crippen molar-refractivity contribution in [3.63, 3.8) is 0 Å². The third-order valence-corrected chi connectivity index (χ3v) is 2.58. The predicted octanol–water partition coefficient (Wildman–Crippen LogP) is 0.347. The molecule has 0 fully saturated rings. The lowest BCUT2D eigenvalue weighted by atomic mass is 9.81. The molecule has 0 bridgehead atoms. The van der Waals surface area contributed by atoms with E-state index in [0.29, 0.717) is 5.56 Å². The number of carboxylic acid groups (broad SMARTS) is 1. The molecule has 1 aliphatic rings. The Bertz CT molecular complexity index is 438. The van der Waals surface area contributed by atoms with E-state index in [4.69, 9.17) is 5.11 Å². The van der Waals surface area contributed by atoms with Crippen molar-refractivity contribution < 1.29 is 20.1 Å². The lowest BCUT2D eigenvalue weighted by Gasteiger charge is -2.31. The molecule has 0 spiro atoms. The van der Waals surface area contributed by atoms with Gasteiger partial charge in [-0.05, 0) is 5.56 Å². The molecule has 0 aromatic heterocycles. The number of rotatable bonds is 1. The lowest BCUT2D eigenvalue weighted by molar-refractivity contribution is -0.170. The van der Waals surface area contributed by atoms with Gasteiger partial charge >= 0.3 is 5.97 Å². The summed E-state index contributed by atoms with van der Waals surface area (Å²) in [6.07, 6.45) is 1.44. The molecule has 0 saturated carbocycles. The lowest BCUT2D eigenvalue weighted by Crippen LogP contribution is -2.47. The maximum absolute atomic E-state index is 11.0. The molecule has 2 rings (SSSR count). The van der Waals surface area contributed by atoms with Crippen LogP contribution in [0.15, 0.2) is 30.3 Å². The van der Waals surface area contributed by atoms with Crippen LogP contribution in [0.5, 0.6) is 0 Å². The van der Waals surface area contributed by atoms with E-state index in [1.807, 2.05) is 0 Å². The van der Waals surface area contributed by atoms with Crippen LogP contribution in [0.1, 0.15) is 11.1 Å². The number of aliphatic hydroxyl groups excluding tert-OH is 1. The van der Waals surface area contributed by atoms with Crippen molar-refractivity contribution in [2.24, 2.45) is 0 Å². The molecule has 0 aliphatic heterocycles. The normalized spacial score (nSPS) is 28.5. The molecule has 0 amide bonds. The fourth-order valence-corrected chi connectivity index (χ4v) is 1.72. The monoisotopic (exact) mass is 206 g/mol. The van der Waals surface area contributed by atoms with Crippen molar-refractivity contribution in [1.29, 1.82) is 0 Å². The summed E-state index contributed by atoms with van der Waals surface area (Å²) in [5, 5.41) is 28.5. The number of carboxylic acids is 1. The van der Waals surface area contributed by atoms with Crippen LogP contribution in [0.25, 0.3) is 6.08 Å². The molecule has 2 atom stereocenters. The minimum atomic E-state index is -2.24. The van der Waals surface area contributed by atoms with E-state index in [1.165, 1.54) is 12.1 Å². The van der Waals surface area contributed by atoms with Crippen LogP contribution < -0.4 is 0 Å². The summed E-state index contributed by atoms with van der Waals surface area (Å²) in [5.74, 6) is -1.45. The second-order valence-electron chi connectivity index (χ2n) is 3.46. The van der Waals surface area contributed by atoms with Crippen LogP contribution in [0.2, 0.25) is 0 Å². The molecule has 1 aromatic carbocycles. The van der Waals surface area contributed by atoms with Gasteiger partial charge in [-0.3, -0.25) is 0 Å². The van der Waals surface area contributed by atoms with Gasteiger partial charge in [-0.25, -0.2) is 4.79 Å². The molecule has 0 heterocycles. The van der Waals surface area contributed by atoms with Crippen LogP contribution in [0.4, 0.5) is 0 Å². The molecule has 15 heavy (non-hydrogen) atoms. The largest absolute Gasteiger partial charge is 0.479 e. The fraction of sp³-hybridized carbons (Fsp3) is 0.182. The maximum atomic E-state index is 11.0. The highest BCUT2D eigenvalue weighted by Gasteiger charge is 2.46. The van der Waals surface area contributed by atoms with Gasteiger partial charge in [-0.15, -0.1) is 0 Å². The fourth-order valence-electron chi connectivity index (χ4n) is 1.72. The quantitative estimate of drug-likeness (QED) is 0.619. The summed E-state index contributed by atoms with van der Waals surface area (Å²) < 4.78 is 0. The van der Waals surface area contributed by atoms with Gasteiger partial charge < -0.3 is 15.3 Å². The molecule has 4 nitrogen and oxygen atoms in total. The summed E-state index contributed by atoms with van der Waals surface area (Å²) in [5.41, 5.74) is -1.43. The molecule has 2 unspecified atom stereocenters. The standard InChI is InChI=1S/C11H10O4/c12-9-6-5-7-3-1-2-4-8(7)11(9,15)10(13)14/h1-6,9,12,15H,(H,13,14). The zero-order valence-electron chi connectivity index (χ0n) is 7.79. The van der Waals surface area contributed by atoms with E-state index in [-0.39, 0.29) is 5.56 Å². The van der Waals surface area contributed by atoms with E-state index < -0.39 is 17.7 Å². The van der Waals surface area contributed by atoms with Gasteiger partial charge in [0.25, 0.3) is 0 Å².